The van der Waals surface area contributed by atoms with Crippen LogP contribution in [0.1, 0.15) is 105 Å². The SMILES string of the molecule is C=CCNC(=O)C(=O)[C@@H]1CCCCCCCCC[C@H](NC(=O)N[C@H](C(=O)C2CC2)C(C)C)C(=O)N2C[C@H](C=C(C)C)C[C@H]2C(=O)N1. The first-order chi connectivity index (χ1) is 21.9. The third-order valence-corrected chi connectivity index (χ3v) is 9.08. The normalized spacial score (nSPS) is 25.5. The first-order valence-electron chi connectivity index (χ1n) is 17.2. The lowest BCUT2D eigenvalue weighted by molar-refractivity contribution is -0.142. The number of carbonyl (C=O) groups excluding carboxylic acids is 6. The van der Waals surface area contributed by atoms with E-state index in [-0.39, 0.29) is 42.5 Å². The Bertz CT molecular complexity index is 1160. The number of nitrogens with one attached hydrogen (secondary N) is 4. The van der Waals surface area contributed by atoms with Crippen molar-refractivity contribution in [3.05, 3.63) is 24.3 Å². The molecule has 0 bridgehead atoms. The third kappa shape index (κ3) is 11.1. The van der Waals surface area contributed by atoms with Gasteiger partial charge in [-0.25, -0.2) is 4.79 Å². The van der Waals surface area contributed by atoms with E-state index in [1.54, 1.807) is 0 Å². The van der Waals surface area contributed by atoms with Gasteiger partial charge < -0.3 is 26.2 Å². The molecule has 3 rings (SSSR count). The molecule has 4 N–H and O–H groups in total. The zero-order chi connectivity index (χ0) is 33.8. The van der Waals surface area contributed by atoms with Gasteiger partial charge in [-0.05, 0) is 57.8 Å². The molecule has 1 aliphatic carbocycles. The summed E-state index contributed by atoms with van der Waals surface area (Å²) in [5.41, 5.74) is 1.05. The Kier molecular flexibility index (Phi) is 14.5. The van der Waals surface area contributed by atoms with Gasteiger partial charge in [0.15, 0.2) is 5.78 Å². The summed E-state index contributed by atoms with van der Waals surface area (Å²) in [6.45, 7) is 11.7. The quantitative estimate of drug-likeness (QED) is 0.211. The second-order valence-electron chi connectivity index (χ2n) is 13.8. The summed E-state index contributed by atoms with van der Waals surface area (Å²) in [6, 6.07) is -3.99. The fraction of sp³-hybridized carbons (Fsp3) is 0.714. The van der Waals surface area contributed by atoms with Gasteiger partial charge in [0, 0.05) is 19.0 Å². The Morgan fingerprint density at radius 1 is 0.957 bits per heavy atom. The largest absolute Gasteiger partial charge is 0.346 e. The maximum Gasteiger partial charge on any atom is 0.316 e. The van der Waals surface area contributed by atoms with Crippen molar-refractivity contribution >= 4 is 35.3 Å². The number of hydrogen-bond acceptors (Lipinski definition) is 6. The predicted octanol–water partition coefficient (Wildman–Crippen LogP) is 3.72. The van der Waals surface area contributed by atoms with Gasteiger partial charge >= 0.3 is 6.03 Å². The highest BCUT2D eigenvalue weighted by Gasteiger charge is 2.43. The van der Waals surface area contributed by atoms with E-state index < -0.39 is 47.8 Å². The number of hydrogen-bond donors (Lipinski definition) is 4. The standard InChI is InChI=1S/C35H55N5O6/c1-6-18-36-33(44)31(42)26-14-12-10-8-7-9-11-13-15-27(38-35(46)39-29(23(4)5)30(41)25-16-17-25)34(45)40-21-24(19-22(2)3)20-28(40)32(43)37-26/h6,19,23-29H,1,7-18,20-21H2,2-5H3,(H,36,44)(H,37,43)(H2,38,39,46)/t24-,26+,27+,28+,29+/m1/s1. The molecule has 0 radical (unpaired) electrons. The fourth-order valence-electron chi connectivity index (χ4n) is 6.47. The number of carbonyl (C=O) groups is 6. The molecule has 0 aromatic rings. The Morgan fingerprint density at radius 2 is 1.59 bits per heavy atom. The third-order valence-electron chi connectivity index (χ3n) is 9.08. The molecule has 11 nitrogen and oxygen atoms in total. The van der Waals surface area contributed by atoms with Crippen molar-refractivity contribution in [3.8, 4) is 0 Å². The van der Waals surface area contributed by atoms with Gasteiger partial charge in [0.25, 0.3) is 5.91 Å². The lowest BCUT2D eigenvalue weighted by Crippen LogP contribution is -2.58. The van der Waals surface area contributed by atoms with E-state index >= 15 is 0 Å². The highest BCUT2D eigenvalue weighted by Crippen LogP contribution is 2.32. The summed E-state index contributed by atoms with van der Waals surface area (Å²) in [4.78, 5) is 81.4. The summed E-state index contributed by atoms with van der Waals surface area (Å²) in [6.07, 6.45) is 12.3. The topological polar surface area (TPSA) is 154 Å². The summed E-state index contributed by atoms with van der Waals surface area (Å²) in [5.74, 6) is -2.54. The molecule has 5 amide bonds. The second-order valence-corrected chi connectivity index (χ2v) is 13.8. The number of allylic oxidation sites excluding steroid dienone is 1. The number of urea groups is 1. The van der Waals surface area contributed by atoms with Gasteiger partial charge in [0.1, 0.15) is 12.1 Å². The molecular weight excluding hydrogens is 586 g/mol. The van der Waals surface area contributed by atoms with Crippen LogP contribution in [0.5, 0.6) is 0 Å². The molecule has 1 saturated carbocycles. The molecule has 11 heteroatoms. The summed E-state index contributed by atoms with van der Waals surface area (Å²) in [7, 11) is 0. The number of rotatable bonds is 10. The predicted molar refractivity (Wildman–Crippen MR) is 177 cm³/mol. The van der Waals surface area contributed by atoms with E-state index in [0.717, 1.165) is 56.9 Å². The number of nitrogens with zero attached hydrogens (tertiary/aromatic N) is 1. The van der Waals surface area contributed by atoms with E-state index in [0.29, 0.717) is 25.7 Å². The van der Waals surface area contributed by atoms with Crippen molar-refractivity contribution in [3.63, 3.8) is 0 Å². The summed E-state index contributed by atoms with van der Waals surface area (Å²) < 4.78 is 0. The van der Waals surface area contributed by atoms with Crippen molar-refractivity contribution in [2.45, 2.75) is 129 Å². The Hall–Kier alpha value is -3.50. The van der Waals surface area contributed by atoms with Gasteiger partial charge in [0.05, 0.1) is 12.1 Å². The van der Waals surface area contributed by atoms with E-state index in [4.69, 9.17) is 0 Å². The first-order valence-corrected chi connectivity index (χ1v) is 17.2. The number of Topliss-reactive ketones (excluding diaryl/α,β-unsaturated/α-hetero) is 2. The van der Waals surface area contributed by atoms with Crippen LogP contribution in [0.2, 0.25) is 0 Å². The maximum atomic E-state index is 14.2. The van der Waals surface area contributed by atoms with E-state index in [9.17, 15) is 28.8 Å². The Labute approximate surface area is 274 Å². The van der Waals surface area contributed by atoms with Crippen LogP contribution in [0.15, 0.2) is 24.3 Å². The zero-order valence-electron chi connectivity index (χ0n) is 28.2. The summed E-state index contributed by atoms with van der Waals surface area (Å²) in [5, 5.41) is 11.0. The van der Waals surface area contributed by atoms with Crippen molar-refractivity contribution in [2.75, 3.05) is 13.1 Å². The smallest absolute Gasteiger partial charge is 0.316 e. The first kappa shape index (κ1) is 37.0. The number of ketones is 2. The van der Waals surface area contributed by atoms with Crippen LogP contribution in [0.3, 0.4) is 0 Å². The van der Waals surface area contributed by atoms with Crippen molar-refractivity contribution in [1.82, 2.24) is 26.2 Å². The average molecular weight is 642 g/mol. The van der Waals surface area contributed by atoms with Gasteiger partial charge in [-0.2, -0.15) is 0 Å². The Morgan fingerprint density at radius 3 is 2.17 bits per heavy atom. The molecule has 5 atom stereocenters. The lowest BCUT2D eigenvalue weighted by Gasteiger charge is -2.30. The molecule has 3 aliphatic rings. The van der Waals surface area contributed by atoms with E-state index in [2.05, 4.69) is 27.8 Å². The monoisotopic (exact) mass is 641 g/mol. The maximum absolute atomic E-state index is 14.2. The molecule has 46 heavy (non-hydrogen) atoms. The molecule has 2 aliphatic heterocycles. The van der Waals surface area contributed by atoms with Gasteiger partial charge in [0.2, 0.25) is 17.6 Å². The number of amides is 5. The minimum absolute atomic E-state index is 0.0170. The second kappa shape index (κ2) is 18.0. The molecule has 0 aromatic heterocycles. The van der Waals surface area contributed by atoms with Gasteiger partial charge in [-0.15, -0.1) is 6.58 Å². The van der Waals surface area contributed by atoms with Crippen LogP contribution < -0.4 is 21.3 Å². The van der Waals surface area contributed by atoms with E-state index in [1.807, 2.05) is 33.8 Å². The highest BCUT2D eigenvalue weighted by molar-refractivity contribution is 6.38. The zero-order valence-corrected chi connectivity index (χ0v) is 28.2. The van der Waals surface area contributed by atoms with Crippen LogP contribution >= 0.6 is 0 Å². The molecule has 2 heterocycles. The summed E-state index contributed by atoms with van der Waals surface area (Å²) >= 11 is 0. The van der Waals surface area contributed by atoms with Crippen LogP contribution in [0.4, 0.5) is 4.79 Å². The van der Waals surface area contributed by atoms with Gasteiger partial charge in [-0.1, -0.05) is 76.5 Å². The molecule has 0 aromatic carbocycles. The average Bonchev–Trinajstić information content (AvgIpc) is 3.78. The molecule has 3 fully saturated rings. The minimum Gasteiger partial charge on any atom is -0.346 e. The molecular formula is C35H55N5O6. The molecule has 0 unspecified atom stereocenters. The van der Waals surface area contributed by atoms with Crippen molar-refractivity contribution in [2.24, 2.45) is 17.8 Å². The Balaban J connectivity index is 1.86. The van der Waals surface area contributed by atoms with Gasteiger partial charge in [-0.3, -0.25) is 24.0 Å². The molecule has 2 saturated heterocycles. The van der Waals surface area contributed by atoms with Crippen LogP contribution in [0, 0.1) is 17.8 Å². The fourth-order valence-corrected chi connectivity index (χ4v) is 6.47. The van der Waals surface area contributed by atoms with Crippen molar-refractivity contribution in [1.29, 1.82) is 0 Å². The molecule has 0 spiro atoms. The van der Waals surface area contributed by atoms with Crippen molar-refractivity contribution < 1.29 is 28.8 Å². The van der Waals surface area contributed by atoms with Crippen LogP contribution in [-0.4, -0.2) is 77.5 Å². The highest BCUT2D eigenvalue weighted by atomic mass is 16.2. The van der Waals surface area contributed by atoms with Crippen LogP contribution in [0.25, 0.3) is 0 Å². The minimum atomic E-state index is -1.01. The van der Waals surface area contributed by atoms with E-state index in [1.165, 1.54) is 11.0 Å². The lowest BCUT2D eigenvalue weighted by atomic mass is 9.97. The molecule has 256 valence electrons. The van der Waals surface area contributed by atoms with Crippen LogP contribution in [-0.2, 0) is 24.0 Å². The number of fused-ring (bicyclic) bond motifs is 1.